The van der Waals surface area contributed by atoms with Gasteiger partial charge in [-0.3, -0.25) is 4.79 Å². The zero-order valence-corrected chi connectivity index (χ0v) is 17.8. The molecule has 144 valence electrons. The summed E-state index contributed by atoms with van der Waals surface area (Å²) < 4.78 is 4.13. The van der Waals surface area contributed by atoms with Gasteiger partial charge in [-0.25, -0.2) is 14.1 Å². The van der Waals surface area contributed by atoms with Crippen LogP contribution in [0.25, 0.3) is 21.7 Å². The summed E-state index contributed by atoms with van der Waals surface area (Å²) in [5.41, 5.74) is 2.27. The zero-order chi connectivity index (χ0) is 19.6. The van der Waals surface area contributed by atoms with E-state index in [1.165, 1.54) is 10.4 Å². The van der Waals surface area contributed by atoms with Crippen LogP contribution in [0.1, 0.15) is 37.6 Å². The van der Waals surface area contributed by atoms with E-state index in [1.807, 2.05) is 34.7 Å². The Labute approximate surface area is 171 Å². The van der Waals surface area contributed by atoms with Gasteiger partial charge in [0.05, 0.1) is 11.1 Å². The molecule has 28 heavy (non-hydrogen) atoms. The number of H-pyrrole nitrogens is 1. The molecule has 5 nitrogen and oxygen atoms in total. The smallest absolute Gasteiger partial charge is 0.268 e. The number of fused-ring (bicyclic) bond motifs is 5. The highest BCUT2D eigenvalue weighted by Gasteiger charge is 2.32. The molecule has 0 amide bonds. The Bertz CT molecular complexity index is 1320. The number of aryl methyl sites for hydroxylation is 1. The van der Waals surface area contributed by atoms with Crippen molar-refractivity contribution in [1.29, 1.82) is 0 Å². The van der Waals surface area contributed by atoms with E-state index in [0.717, 1.165) is 35.2 Å². The first-order chi connectivity index (χ1) is 13.4. The van der Waals surface area contributed by atoms with Gasteiger partial charge in [0.25, 0.3) is 5.56 Å². The Morgan fingerprint density at radius 1 is 1.25 bits per heavy atom. The number of nitrogens with one attached hydrogen (secondary N) is 1. The molecule has 0 radical (unpaired) electrons. The molecule has 1 aromatic carbocycles. The summed E-state index contributed by atoms with van der Waals surface area (Å²) in [5.74, 6) is 1.16. The first-order valence-electron chi connectivity index (χ1n) is 9.58. The summed E-state index contributed by atoms with van der Waals surface area (Å²) in [4.78, 5) is 15.9. The van der Waals surface area contributed by atoms with E-state index in [9.17, 15) is 4.79 Å². The first kappa shape index (κ1) is 17.8. The number of thiophene rings is 1. The van der Waals surface area contributed by atoms with Gasteiger partial charge in [0, 0.05) is 4.88 Å². The van der Waals surface area contributed by atoms with Gasteiger partial charge in [-0.2, -0.15) is 0 Å². The predicted molar refractivity (Wildman–Crippen MR) is 116 cm³/mol. The predicted octanol–water partition coefficient (Wildman–Crippen LogP) is 4.91. The van der Waals surface area contributed by atoms with Crippen molar-refractivity contribution < 1.29 is 0 Å². The van der Waals surface area contributed by atoms with Crippen LogP contribution in [0, 0.1) is 16.1 Å². The minimum absolute atomic E-state index is 0.00518. The highest BCUT2D eigenvalue weighted by Crippen LogP contribution is 2.42. The third kappa shape index (κ3) is 2.53. The fourth-order valence-corrected chi connectivity index (χ4v) is 6.02. The minimum atomic E-state index is -0.00518. The average molecular weight is 411 g/mol. The van der Waals surface area contributed by atoms with Gasteiger partial charge in [-0.05, 0) is 60.5 Å². The molecular formula is C21H22N4OS2. The average Bonchev–Trinajstić information content (AvgIpc) is 3.22. The molecule has 7 heteroatoms. The van der Waals surface area contributed by atoms with E-state index in [-0.39, 0.29) is 11.0 Å². The Hall–Kier alpha value is -2.25. The van der Waals surface area contributed by atoms with Gasteiger partial charge >= 0.3 is 0 Å². The van der Waals surface area contributed by atoms with E-state index in [0.29, 0.717) is 16.5 Å². The van der Waals surface area contributed by atoms with E-state index in [1.54, 1.807) is 15.9 Å². The third-order valence-corrected chi connectivity index (χ3v) is 7.47. The van der Waals surface area contributed by atoms with Crippen LogP contribution < -0.4 is 5.56 Å². The van der Waals surface area contributed by atoms with Gasteiger partial charge in [-0.1, -0.05) is 39.0 Å². The first-order valence-corrected chi connectivity index (χ1v) is 10.8. The third-order valence-electron chi connectivity index (χ3n) is 5.96. The zero-order valence-electron chi connectivity index (χ0n) is 16.2. The summed E-state index contributed by atoms with van der Waals surface area (Å²) in [5, 5.41) is 8.07. The van der Waals surface area contributed by atoms with Crippen molar-refractivity contribution in [2.24, 2.45) is 11.3 Å². The Kier molecular flexibility index (Phi) is 3.90. The molecule has 4 aromatic rings. The van der Waals surface area contributed by atoms with Crippen LogP contribution in [0.15, 0.2) is 35.1 Å². The molecule has 0 saturated heterocycles. The van der Waals surface area contributed by atoms with Gasteiger partial charge in [-0.15, -0.1) is 16.4 Å². The topological polar surface area (TPSA) is 55.1 Å². The van der Waals surface area contributed by atoms with Crippen LogP contribution in [0.3, 0.4) is 0 Å². The summed E-state index contributed by atoms with van der Waals surface area (Å²) in [6.07, 6.45) is 3.08. The van der Waals surface area contributed by atoms with E-state index < -0.39 is 0 Å². The maximum absolute atomic E-state index is 13.6. The second-order valence-electron chi connectivity index (χ2n) is 8.63. The number of nitrogens with zero attached hydrogens (tertiary/aromatic N) is 3. The normalized spacial score (nSPS) is 17.3. The largest absolute Gasteiger partial charge is 0.268 e. The van der Waals surface area contributed by atoms with Crippen molar-refractivity contribution >= 4 is 39.5 Å². The van der Waals surface area contributed by atoms with Crippen LogP contribution in [0.2, 0.25) is 0 Å². The lowest BCUT2D eigenvalue weighted by atomic mass is 9.72. The molecule has 1 atom stereocenters. The fourth-order valence-electron chi connectivity index (χ4n) is 4.32. The summed E-state index contributed by atoms with van der Waals surface area (Å²) in [7, 11) is 0. The van der Waals surface area contributed by atoms with Crippen molar-refractivity contribution in [2.75, 3.05) is 0 Å². The standard InChI is InChI=1S/C21H22N4OS2/c1-21(2,3)12-9-10-14-15(11-12)28-18-16(14)17(26)24(13-7-5-4-6-8-13)19-22-23-20(27)25(18)19/h4-8,12H,9-11H2,1-3H3,(H,23,27)/t12-/m1/s1. The quantitative estimate of drug-likeness (QED) is 0.454. The second kappa shape index (κ2) is 6.12. The van der Waals surface area contributed by atoms with Gasteiger partial charge in [0.15, 0.2) is 0 Å². The SMILES string of the molecule is CC(C)(C)[C@@H]1CCc2c(sc3c2c(=O)n(-c2ccccc2)c2n[nH]c(=S)n32)C1. The molecule has 0 aliphatic heterocycles. The molecule has 0 fully saturated rings. The van der Waals surface area contributed by atoms with Crippen LogP contribution in [-0.4, -0.2) is 19.2 Å². The lowest BCUT2D eigenvalue weighted by molar-refractivity contribution is 0.218. The molecule has 0 saturated carbocycles. The van der Waals surface area contributed by atoms with Gasteiger partial charge < -0.3 is 0 Å². The molecule has 0 unspecified atom stereocenters. The number of benzene rings is 1. The molecule has 0 bridgehead atoms. The highest BCUT2D eigenvalue weighted by molar-refractivity contribution is 7.71. The maximum atomic E-state index is 13.6. The Balaban J connectivity index is 1.87. The molecule has 0 spiro atoms. The van der Waals surface area contributed by atoms with Crippen LogP contribution in [0.4, 0.5) is 0 Å². The molecule has 1 aliphatic carbocycles. The minimum Gasteiger partial charge on any atom is -0.268 e. The summed E-state index contributed by atoms with van der Waals surface area (Å²) in [6, 6.07) is 9.67. The van der Waals surface area contributed by atoms with Crippen LogP contribution in [0.5, 0.6) is 0 Å². The van der Waals surface area contributed by atoms with Crippen molar-refractivity contribution in [3.8, 4) is 5.69 Å². The molecule has 5 rings (SSSR count). The number of hydrogen-bond acceptors (Lipinski definition) is 4. The van der Waals surface area contributed by atoms with E-state index in [2.05, 4.69) is 31.0 Å². The highest BCUT2D eigenvalue weighted by atomic mass is 32.1. The van der Waals surface area contributed by atoms with Gasteiger partial charge in [0.1, 0.15) is 4.83 Å². The molecular weight excluding hydrogens is 388 g/mol. The number of rotatable bonds is 1. The molecule has 3 heterocycles. The summed E-state index contributed by atoms with van der Waals surface area (Å²) >= 11 is 7.24. The summed E-state index contributed by atoms with van der Waals surface area (Å²) in [6.45, 7) is 6.92. The Morgan fingerprint density at radius 2 is 2.00 bits per heavy atom. The molecule has 1 aliphatic rings. The van der Waals surface area contributed by atoms with Crippen molar-refractivity contribution in [3.05, 3.63) is 55.9 Å². The van der Waals surface area contributed by atoms with Crippen molar-refractivity contribution in [2.45, 2.75) is 40.0 Å². The number of hydrogen-bond donors (Lipinski definition) is 1. The number of aromatic amines is 1. The molecule has 3 aromatic heterocycles. The monoisotopic (exact) mass is 410 g/mol. The van der Waals surface area contributed by atoms with Crippen LogP contribution in [-0.2, 0) is 12.8 Å². The van der Waals surface area contributed by atoms with Crippen LogP contribution >= 0.6 is 23.6 Å². The Morgan fingerprint density at radius 3 is 2.71 bits per heavy atom. The lowest BCUT2D eigenvalue weighted by Gasteiger charge is -2.33. The van der Waals surface area contributed by atoms with E-state index >= 15 is 0 Å². The van der Waals surface area contributed by atoms with E-state index in [4.69, 9.17) is 12.2 Å². The number of para-hydroxylation sites is 1. The maximum Gasteiger partial charge on any atom is 0.268 e. The van der Waals surface area contributed by atoms with Crippen molar-refractivity contribution in [1.82, 2.24) is 19.2 Å². The fraction of sp³-hybridized carbons (Fsp3) is 0.381. The number of aromatic nitrogens is 4. The second-order valence-corrected chi connectivity index (χ2v) is 10.1. The lowest BCUT2D eigenvalue weighted by Crippen LogP contribution is -2.27. The molecule has 1 N–H and O–H groups in total. The van der Waals surface area contributed by atoms with Gasteiger partial charge in [0.2, 0.25) is 10.5 Å². The van der Waals surface area contributed by atoms with Crippen molar-refractivity contribution in [3.63, 3.8) is 0 Å².